The van der Waals surface area contributed by atoms with Crippen LogP contribution >= 0.6 is 12.2 Å². The van der Waals surface area contributed by atoms with E-state index < -0.39 is 0 Å². The number of carbonyl (C=O) groups is 1. The summed E-state index contributed by atoms with van der Waals surface area (Å²) < 4.78 is 5.47. The Balaban J connectivity index is 2.08. The van der Waals surface area contributed by atoms with Gasteiger partial charge in [0.05, 0.1) is 12.2 Å². The second kappa shape index (κ2) is 7.74. The highest BCUT2D eigenvalue weighted by molar-refractivity contribution is 7.80. The normalized spacial score (nSPS) is 10.0. The molecule has 4 nitrogen and oxygen atoms in total. The van der Waals surface area contributed by atoms with Crippen LogP contribution in [-0.2, 0) is 0 Å². The van der Waals surface area contributed by atoms with Crippen LogP contribution in [0.15, 0.2) is 42.5 Å². The van der Waals surface area contributed by atoms with Crippen molar-refractivity contribution >= 4 is 28.9 Å². The number of nitrogens with one attached hydrogen (secondary N) is 2. The van der Waals surface area contributed by atoms with Gasteiger partial charge in [0, 0.05) is 5.69 Å². The van der Waals surface area contributed by atoms with E-state index in [4.69, 9.17) is 17.0 Å². The monoisotopic (exact) mass is 328 g/mol. The average Bonchev–Trinajstić information content (AvgIpc) is 2.51. The maximum Gasteiger partial charge on any atom is 0.261 e. The molecular formula is C18H20N2O2S. The highest BCUT2D eigenvalue weighted by Crippen LogP contribution is 2.18. The fraction of sp³-hybridized carbons (Fsp3) is 0.222. The molecule has 23 heavy (non-hydrogen) atoms. The van der Waals surface area contributed by atoms with Gasteiger partial charge in [-0.1, -0.05) is 24.3 Å². The predicted octanol–water partition coefficient (Wildman–Crippen LogP) is 3.83. The maximum absolute atomic E-state index is 12.4. The summed E-state index contributed by atoms with van der Waals surface area (Å²) in [6.07, 6.45) is 0. The van der Waals surface area contributed by atoms with Crippen LogP contribution < -0.4 is 15.4 Å². The van der Waals surface area contributed by atoms with Gasteiger partial charge in [0.25, 0.3) is 5.91 Å². The van der Waals surface area contributed by atoms with E-state index in [1.54, 1.807) is 18.2 Å². The van der Waals surface area contributed by atoms with Crippen molar-refractivity contribution in [3.8, 4) is 5.75 Å². The van der Waals surface area contributed by atoms with E-state index in [0.717, 1.165) is 16.8 Å². The van der Waals surface area contributed by atoms with Crippen molar-refractivity contribution in [2.45, 2.75) is 20.8 Å². The van der Waals surface area contributed by atoms with Crippen LogP contribution in [0.5, 0.6) is 5.75 Å². The highest BCUT2D eigenvalue weighted by Gasteiger charge is 2.13. The molecule has 0 aliphatic heterocycles. The second-order valence-electron chi connectivity index (χ2n) is 5.16. The molecule has 0 saturated heterocycles. The molecule has 2 rings (SSSR count). The SMILES string of the molecule is CCOc1ccccc1C(=O)NC(=S)Nc1cc(C)ccc1C. The second-order valence-corrected chi connectivity index (χ2v) is 5.56. The third-order valence-corrected chi connectivity index (χ3v) is 3.50. The number of aryl methyl sites for hydroxylation is 2. The first-order valence-corrected chi connectivity index (χ1v) is 7.83. The number of ether oxygens (including phenoxy) is 1. The van der Waals surface area contributed by atoms with Crippen LogP contribution in [0.2, 0.25) is 0 Å². The molecule has 0 bridgehead atoms. The first kappa shape index (κ1) is 17.0. The largest absolute Gasteiger partial charge is 0.493 e. The van der Waals surface area contributed by atoms with Gasteiger partial charge < -0.3 is 10.1 Å². The van der Waals surface area contributed by atoms with Gasteiger partial charge in [0.15, 0.2) is 5.11 Å². The molecule has 0 aliphatic carbocycles. The Morgan fingerprint density at radius 1 is 1.17 bits per heavy atom. The summed E-state index contributed by atoms with van der Waals surface area (Å²) in [5.41, 5.74) is 3.52. The van der Waals surface area contributed by atoms with Crippen LogP contribution in [0, 0.1) is 13.8 Å². The molecule has 2 aromatic rings. The zero-order valence-corrected chi connectivity index (χ0v) is 14.3. The summed E-state index contributed by atoms with van der Waals surface area (Å²) in [6, 6.07) is 13.1. The van der Waals surface area contributed by atoms with Crippen molar-refractivity contribution in [2.75, 3.05) is 11.9 Å². The number of hydrogen-bond acceptors (Lipinski definition) is 3. The van der Waals surface area contributed by atoms with Gasteiger partial charge in [-0.05, 0) is 62.3 Å². The number of amides is 1. The number of para-hydroxylation sites is 1. The van der Waals surface area contributed by atoms with Crippen molar-refractivity contribution in [1.29, 1.82) is 0 Å². The van der Waals surface area contributed by atoms with Gasteiger partial charge in [0.2, 0.25) is 0 Å². The van der Waals surface area contributed by atoms with Gasteiger partial charge in [0.1, 0.15) is 5.75 Å². The maximum atomic E-state index is 12.4. The van der Waals surface area contributed by atoms with Gasteiger partial charge >= 0.3 is 0 Å². The lowest BCUT2D eigenvalue weighted by molar-refractivity contribution is 0.0974. The van der Waals surface area contributed by atoms with E-state index in [1.165, 1.54) is 0 Å². The Hall–Kier alpha value is -2.40. The number of benzene rings is 2. The molecule has 5 heteroatoms. The molecule has 0 atom stereocenters. The third-order valence-electron chi connectivity index (χ3n) is 3.30. The Kier molecular flexibility index (Phi) is 5.71. The smallest absolute Gasteiger partial charge is 0.261 e. The van der Waals surface area contributed by atoms with Crippen LogP contribution in [-0.4, -0.2) is 17.6 Å². The quantitative estimate of drug-likeness (QED) is 0.838. The van der Waals surface area contributed by atoms with Gasteiger partial charge in [-0.25, -0.2) is 0 Å². The lowest BCUT2D eigenvalue weighted by Crippen LogP contribution is -2.34. The average molecular weight is 328 g/mol. The Bertz CT molecular complexity index is 729. The van der Waals surface area contributed by atoms with Crippen LogP contribution in [0.4, 0.5) is 5.69 Å². The summed E-state index contributed by atoms with van der Waals surface area (Å²) in [7, 11) is 0. The minimum Gasteiger partial charge on any atom is -0.493 e. The fourth-order valence-electron chi connectivity index (χ4n) is 2.13. The van der Waals surface area contributed by atoms with Gasteiger partial charge in [-0.2, -0.15) is 0 Å². The molecular weight excluding hydrogens is 308 g/mol. The Labute approximate surface area is 141 Å². The number of rotatable bonds is 4. The summed E-state index contributed by atoms with van der Waals surface area (Å²) in [4.78, 5) is 12.4. The third kappa shape index (κ3) is 4.53. The lowest BCUT2D eigenvalue weighted by atomic mass is 10.1. The molecule has 2 aromatic carbocycles. The van der Waals surface area contributed by atoms with E-state index in [0.29, 0.717) is 17.9 Å². The van der Waals surface area contributed by atoms with E-state index >= 15 is 0 Å². The van der Waals surface area contributed by atoms with Crippen molar-refractivity contribution in [3.63, 3.8) is 0 Å². The molecule has 120 valence electrons. The first-order chi connectivity index (χ1) is 11.0. The van der Waals surface area contributed by atoms with E-state index in [9.17, 15) is 4.79 Å². The van der Waals surface area contributed by atoms with Crippen molar-refractivity contribution in [1.82, 2.24) is 5.32 Å². The molecule has 0 saturated carbocycles. The van der Waals surface area contributed by atoms with Crippen molar-refractivity contribution in [2.24, 2.45) is 0 Å². The summed E-state index contributed by atoms with van der Waals surface area (Å²) in [6.45, 7) is 6.36. The number of hydrogen-bond donors (Lipinski definition) is 2. The first-order valence-electron chi connectivity index (χ1n) is 7.42. The number of anilines is 1. The minimum atomic E-state index is -0.295. The van der Waals surface area contributed by atoms with Crippen LogP contribution in [0.25, 0.3) is 0 Å². The molecule has 0 radical (unpaired) electrons. The van der Waals surface area contributed by atoms with E-state index in [1.807, 2.05) is 45.0 Å². The van der Waals surface area contributed by atoms with E-state index in [2.05, 4.69) is 10.6 Å². The standard InChI is InChI=1S/C18H20N2O2S/c1-4-22-16-8-6-5-7-14(16)17(21)20-18(23)19-15-11-12(2)9-10-13(15)3/h5-11H,4H2,1-3H3,(H2,19,20,21,23). The zero-order chi connectivity index (χ0) is 16.8. The number of carbonyl (C=O) groups excluding carboxylic acids is 1. The zero-order valence-electron chi connectivity index (χ0n) is 13.5. The van der Waals surface area contributed by atoms with Gasteiger partial charge in [-0.3, -0.25) is 10.1 Å². The molecule has 0 heterocycles. The molecule has 0 unspecified atom stereocenters. The van der Waals surface area contributed by atoms with Crippen LogP contribution in [0.3, 0.4) is 0 Å². The molecule has 0 fully saturated rings. The summed E-state index contributed by atoms with van der Waals surface area (Å²) in [5.74, 6) is 0.249. The molecule has 1 amide bonds. The van der Waals surface area contributed by atoms with E-state index in [-0.39, 0.29) is 11.0 Å². The Morgan fingerprint density at radius 2 is 1.91 bits per heavy atom. The molecule has 0 aliphatic rings. The summed E-state index contributed by atoms with van der Waals surface area (Å²) in [5, 5.41) is 6.01. The molecule has 2 N–H and O–H groups in total. The lowest BCUT2D eigenvalue weighted by Gasteiger charge is -2.14. The topological polar surface area (TPSA) is 50.4 Å². The van der Waals surface area contributed by atoms with Crippen molar-refractivity contribution < 1.29 is 9.53 Å². The number of thiocarbonyl (C=S) groups is 1. The van der Waals surface area contributed by atoms with Crippen molar-refractivity contribution in [3.05, 3.63) is 59.2 Å². The minimum absolute atomic E-state index is 0.259. The van der Waals surface area contributed by atoms with Crippen LogP contribution in [0.1, 0.15) is 28.4 Å². The predicted molar refractivity (Wildman–Crippen MR) is 97.2 cm³/mol. The fourth-order valence-corrected chi connectivity index (χ4v) is 2.33. The molecule has 0 spiro atoms. The summed E-state index contributed by atoms with van der Waals surface area (Å²) >= 11 is 5.24. The highest BCUT2D eigenvalue weighted by atomic mass is 32.1. The van der Waals surface area contributed by atoms with Gasteiger partial charge in [-0.15, -0.1) is 0 Å². The molecule has 0 aromatic heterocycles. The Morgan fingerprint density at radius 3 is 2.65 bits per heavy atom.